The molecule has 1 aliphatic heterocycles. The van der Waals surface area contributed by atoms with E-state index < -0.39 is 12.1 Å². The van der Waals surface area contributed by atoms with E-state index in [-0.39, 0.29) is 11.7 Å². The van der Waals surface area contributed by atoms with Crippen LogP contribution in [-0.2, 0) is 16.1 Å². The van der Waals surface area contributed by atoms with Crippen molar-refractivity contribution < 1.29 is 18.7 Å². The second kappa shape index (κ2) is 8.63. The molecule has 1 fully saturated rings. The van der Waals surface area contributed by atoms with E-state index in [9.17, 15) is 14.0 Å². The summed E-state index contributed by atoms with van der Waals surface area (Å²) < 4.78 is 18.1. The predicted molar refractivity (Wildman–Crippen MR) is 87.6 cm³/mol. The van der Waals surface area contributed by atoms with Crippen LogP contribution in [0.2, 0.25) is 0 Å². The second-order valence-corrected chi connectivity index (χ2v) is 5.92. The van der Waals surface area contributed by atoms with Gasteiger partial charge in [0, 0.05) is 33.4 Å². The van der Waals surface area contributed by atoms with Gasteiger partial charge in [-0.2, -0.15) is 0 Å². The molecule has 1 atom stereocenters. The van der Waals surface area contributed by atoms with Crippen LogP contribution in [0.3, 0.4) is 0 Å². The molecule has 0 aromatic heterocycles. The van der Waals surface area contributed by atoms with Gasteiger partial charge in [0.1, 0.15) is 11.9 Å². The van der Waals surface area contributed by atoms with E-state index in [1.54, 1.807) is 24.1 Å². The summed E-state index contributed by atoms with van der Waals surface area (Å²) in [4.78, 5) is 27.5. The zero-order valence-corrected chi connectivity index (χ0v) is 13.9. The number of nitrogens with two attached hydrogens (primary N) is 1. The van der Waals surface area contributed by atoms with Crippen LogP contribution in [-0.4, -0.2) is 54.6 Å². The number of hydrogen-bond acceptors (Lipinski definition) is 3. The lowest BCUT2D eigenvalue weighted by atomic mass is 10.1. The Morgan fingerprint density at radius 2 is 2.08 bits per heavy atom. The van der Waals surface area contributed by atoms with Crippen molar-refractivity contribution in [1.29, 1.82) is 0 Å². The first-order valence-electron chi connectivity index (χ1n) is 8.11. The first-order chi connectivity index (χ1) is 11.5. The fourth-order valence-electron chi connectivity index (χ4n) is 2.98. The Morgan fingerprint density at radius 1 is 1.38 bits per heavy atom. The van der Waals surface area contributed by atoms with E-state index in [1.165, 1.54) is 17.0 Å². The van der Waals surface area contributed by atoms with Crippen molar-refractivity contribution in [1.82, 2.24) is 9.80 Å². The van der Waals surface area contributed by atoms with Crippen molar-refractivity contribution in [2.24, 2.45) is 5.73 Å². The maximum absolute atomic E-state index is 13.1. The molecule has 0 radical (unpaired) electrons. The Labute approximate surface area is 141 Å². The van der Waals surface area contributed by atoms with Gasteiger partial charge in [0.05, 0.1) is 0 Å². The average Bonchev–Trinajstić information content (AvgIpc) is 3.05. The number of ether oxygens (including phenoxy) is 1. The molecule has 24 heavy (non-hydrogen) atoms. The molecular weight excluding hydrogens is 313 g/mol. The number of rotatable bonds is 7. The van der Waals surface area contributed by atoms with E-state index in [2.05, 4.69) is 0 Å². The van der Waals surface area contributed by atoms with E-state index in [4.69, 9.17) is 10.5 Å². The molecule has 0 saturated carbocycles. The van der Waals surface area contributed by atoms with Crippen molar-refractivity contribution in [2.45, 2.75) is 31.8 Å². The fraction of sp³-hybridized carbons (Fsp3) is 0.529. The molecule has 1 aromatic carbocycles. The minimum Gasteiger partial charge on any atom is -0.385 e. The Bertz CT molecular complexity index is 565. The minimum atomic E-state index is -0.565. The zero-order chi connectivity index (χ0) is 17.5. The van der Waals surface area contributed by atoms with Gasteiger partial charge in [-0.1, -0.05) is 12.1 Å². The molecule has 2 N–H and O–H groups in total. The number of nitrogens with zero attached hydrogens (tertiary/aromatic N) is 2. The fourth-order valence-corrected chi connectivity index (χ4v) is 2.98. The van der Waals surface area contributed by atoms with Gasteiger partial charge < -0.3 is 20.3 Å². The number of urea groups is 1. The second-order valence-electron chi connectivity index (χ2n) is 5.92. The molecule has 1 heterocycles. The molecule has 1 aromatic rings. The molecule has 0 unspecified atom stereocenters. The number of likely N-dealkylation sites (tertiary alicyclic amines) is 1. The number of primary amides is 1. The van der Waals surface area contributed by atoms with Crippen LogP contribution in [0.5, 0.6) is 0 Å². The molecule has 132 valence electrons. The molecule has 6 nitrogen and oxygen atoms in total. The third-order valence-electron chi connectivity index (χ3n) is 4.20. The number of benzene rings is 1. The quantitative estimate of drug-likeness (QED) is 0.770. The predicted octanol–water partition coefficient (Wildman–Crippen LogP) is 1.73. The lowest BCUT2D eigenvalue weighted by Crippen LogP contribution is -2.49. The van der Waals surface area contributed by atoms with Crippen molar-refractivity contribution >= 4 is 11.9 Å². The maximum Gasteiger partial charge on any atom is 0.315 e. The molecule has 0 aliphatic carbocycles. The van der Waals surface area contributed by atoms with Crippen LogP contribution in [0.1, 0.15) is 24.8 Å². The standard InChI is InChI=1S/C17H24FN3O3/c1-24-11-3-9-20(12-13-5-7-14(18)8-6-13)16(22)15-4-2-10-21(15)17(19)23/h5-8,15H,2-4,9-12H2,1H3,(H2,19,23)/t15-/m0/s1. The first kappa shape index (κ1) is 18.2. The number of halogens is 1. The Balaban J connectivity index is 2.10. The van der Waals surface area contributed by atoms with E-state index in [0.717, 1.165) is 12.0 Å². The SMILES string of the molecule is COCCCN(Cc1ccc(F)cc1)C(=O)[C@@H]1CCCN1C(N)=O. The number of amides is 3. The van der Waals surface area contributed by atoms with Gasteiger partial charge in [0.2, 0.25) is 5.91 Å². The van der Waals surface area contributed by atoms with E-state index in [1.807, 2.05) is 0 Å². The average molecular weight is 337 g/mol. The first-order valence-corrected chi connectivity index (χ1v) is 8.11. The summed E-state index contributed by atoms with van der Waals surface area (Å²) in [6.07, 6.45) is 2.07. The zero-order valence-electron chi connectivity index (χ0n) is 13.9. The molecule has 3 amide bonds. The molecule has 0 bridgehead atoms. The van der Waals surface area contributed by atoms with Crippen molar-refractivity contribution in [3.05, 3.63) is 35.6 Å². The highest BCUT2D eigenvalue weighted by atomic mass is 19.1. The molecule has 7 heteroatoms. The summed E-state index contributed by atoms with van der Waals surface area (Å²) >= 11 is 0. The summed E-state index contributed by atoms with van der Waals surface area (Å²) in [7, 11) is 1.61. The normalized spacial score (nSPS) is 17.1. The highest BCUT2D eigenvalue weighted by Gasteiger charge is 2.35. The Morgan fingerprint density at radius 3 is 2.71 bits per heavy atom. The summed E-state index contributed by atoms with van der Waals surface area (Å²) in [6, 6.07) is 4.99. The van der Waals surface area contributed by atoms with E-state index in [0.29, 0.717) is 39.1 Å². The third-order valence-corrected chi connectivity index (χ3v) is 4.20. The molecule has 1 saturated heterocycles. The number of carbonyl (C=O) groups is 2. The Kier molecular flexibility index (Phi) is 6.54. The highest BCUT2D eigenvalue weighted by Crippen LogP contribution is 2.20. The van der Waals surface area contributed by atoms with Gasteiger partial charge in [-0.05, 0) is 37.0 Å². The summed E-state index contributed by atoms with van der Waals surface area (Å²) in [5.41, 5.74) is 6.21. The topological polar surface area (TPSA) is 75.9 Å². The highest BCUT2D eigenvalue weighted by molar-refractivity contribution is 5.87. The van der Waals surface area contributed by atoms with Crippen LogP contribution in [0, 0.1) is 5.82 Å². The molecule has 2 rings (SSSR count). The van der Waals surface area contributed by atoms with Gasteiger partial charge in [0.15, 0.2) is 0 Å². The lowest BCUT2D eigenvalue weighted by Gasteiger charge is -2.29. The third kappa shape index (κ3) is 4.67. The van der Waals surface area contributed by atoms with Crippen LogP contribution >= 0.6 is 0 Å². The monoisotopic (exact) mass is 337 g/mol. The van der Waals surface area contributed by atoms with Crippen molar-refractivity contribution in [3.8, 4) is 0 Å². The van der Waals surface area contributed by atoms with Crippen LogP contribution in [0.15, 0.2) is 24.3 Å². The number of methoxy groups -OCH3 is 1. The van der Waals surface area contributed by atoms with Gasteiger partial charge in [0.25, 0.3) is 0 Å². The van der Waals surface area contributed by atoms with Crippen molar-refractivity contribution in [2.75, 3.05) is 26.8 Å². The van der Waals surface area contributed by atoms with E-state index >= 15 is 0 Å². The lowest BCUT2D eigenvalue weighted by molar-refractivity contribution is -0.136. The molecule has 0 spiro atoms. The van der Waals surface area contributed by atoms with Crippen LogP contribution < -0.4 is 5.73 Å². The van der Waals surface area contributed by atoms with Crippen LogP contribution in [0.25, 0.3) is 0 Å². The molecular formula is C17H24FN3O3. The summed E-state index contributed by atoms with van der Waals surface area (Å²) in [6.45, 7) is 1.92. The van der Waals surface area contributed by atoms with Crippen molar-refractivity contribution in [3.63, 3.8) is 0 Å². The van der Waals surface area contributed by atoms with Gasteiger partial charge in [-0.15, -0.1) is 0 Å². The number of carbonyl (C=O) groups excluding carboxylic acids is 2. The summed E-state index contributed by atoms with van der Waals surface area (Å²) in [5, 5.41) is 0. The molecule has 1 aliphatic rings. The van der Waals surface area contributed by atoms with Gasteiger partial charge >= 0.3 is 6.03 Å². The smallest absolute Gasteiger partial charge is 0.315 e. The minimum absolute atomic E-state index is 0.119. The Hall–Kier alpha value is -2.15. The largest absolute Gasteiger partial charge is 0.385 e. The number of hydrogen-bond donors (Lipinski definition) is 1. The van der Waals surface area contributed by atoms with Gasteiger partial charge in [-0.3, -0.25) is 4.79 Å². The van der Waals surface area contributed by atoms with Gasteiger partial charge in [-0.25, -0.2) is 9.18 Å². The maximum atomic E-state index is 13.1. The summed E-state index contributed by atoms with van der Waals surface area (Å²) in [5.74, 6) is -0.432. The van der Waals surface area contributed by atoms with Crippen LogP contribution in [0.4, 0.5) is 9.18 Å².